The number of amides is 1. The lowest BCUT2D eigenvalue weighted by Crippen LogP contribution is -2.11. The zero-order chi connectivity index (χ0) is 24.6. The van der Waals surface area contributed by atoms with Crippen molar-refractivity contribution in [3.05, 3.63) is 78.5 Å². The van der Waals surface area contributed by atoms with E-state index in [1.54, 1.807) is 29.4 Å². The average Bonchev–Trinajstić information content (AvgIpc) is 3.35. The zero-order valence-corrected chi connectivity index (χ0v) is 18.9. The van der Waals surface area contributed by atoms with E-state index in [4.69, 9.17) is 16.3 Å². The number of halogens is 2. The first-order valence-corrected chi connectivity index (χ1v) is 10.8. The van der Waals surface area contributed by atoms with Crippen molar-refractivity contribution in [3.8, 4) is 0 Å². The number of carbonyl (C=O) groups is 2. The number of aromatic nitrogens is 5. The van der Waals surface area contributed by atoms with Gasteiger partial charge in [-0.15, -0.1) is 0 Å². The number of rotatable bonds is 9. The van der Waals surface area contributed by atoms with Gasteiger partial charge in [-0.25, -0.2) is 24.3 Å². The maximum atomic E-state index is 13.4. The van der Waals surface area contributed by atoms with Gasteiger partial charge in [0, 0.05) is 23.5 Å². The van der Waals surface area contributed by atoms with Crippen molar-refractivity contribution in [2.24, 2.45) is 0 Å². The third-order valence-electron chi connectivity index (χ3n) is 4.68. The molecule has 0 aliphatic heterocycles. The highest BCUT2D eigenvalue weighted by Crippen LogP contribution is 2.26. The second-order valence-corrected chi connectivity index (χ2v) is 7.59. The minimum atomic E-state index is -0.533. The standard InChI is InChI=1S/C23H19ClFN7O3/c24-17-10-15(4-5-18(17)25)30-23-16-11-20(27-12-19(16)28-13-29-23)31-21(33)2-1-3-22(34)35-9-8-32-7-6-26-14-32/h1-2,4-7,10-14H,3,8-9H2,(H,27,31,33)(H,28,29,30). The van der Waals surface area contributed by atoms with E-state index in [-0.39, 0.29) is 23.9 Å². The fourth-order valence-electron chi connectivity index (χ4n) is 3.01. The summed E-state index contributed by atoms with van der Waals surface area (Å²) in [5.74, 6) is -0.782. The molecule has 0 aliphatic rings. The largest absolute Gasteiger partial charge is 0.464 e. The molecule has 1 aromatic carbocycles. The van der Waals surface area contributed by atoms with E-state index >= 15 is 0 Å². The first-order valence-electron chi connectivity index (χ1n) is 10.4. The number of nitrogens with one attached hydrogen (secondary N) is 2. The Morgan fingerprint density at radius 2 is 2.09 bits per heavy atom. The summed E-state index contributed by atoms with van der Waals surface area (Å²) in [6.07, 6.45) is 10.5. The van der Waals surface area contributed by atoms with Crippen LogP contribution in [0.3, 0.4) is 0 Å². The molecule has 0 fully saturated rings. The summed E-state index contributed by atoms with van der Waals surface area (Å²) in [5, 5.41) is 6.22. The summed E-state index contributed by atoms with van der Waals surface area (Å²) in [6.45, 7) is 0.705. The summed E-state index contributed by atoms with van der Waals surface area (Å²) in [7, 11) is 0. The fourth-order valence-corrected chi connectivity index (χ4v) is 3.19. The highest BCUT2D eigenvalue weighted by Gasteiger charge is 2.09. The molecule has 0 bridgehead atoms. The molecule has 4 rings (SSSR count). The Balaban J connectivity index is 1.35. The SMILES string of the molecule is O=C(C=CCC(=O)OCCn1ccnc1)Nc1cc2c(Nc3ccc(F)c(Cl)c3)ncnc2cn1. The van der Waals surface area contributed by atoms with Gasteiger partial charge < -0.3 is 19.9 Å². The molecule has 35 heavy (non-hydrogen) atoms. The maximum Gasteiger partial charge on any atom is 0.309 e. The average molecular weight is 496 g/mol. The molecule has 0 spiro atoms. The van der Waals surface area contributed by atoms with Crippen molar-refractivity contribution < 1.29 is 18.7 Å². The number of fused-ring (bicyclic) bond motifs is 1. The summed E-state index contributed by atoms with van der Waals surface area (Å²) >= 11 is 5.84. The van der Waals surface area contributed by atoms with E-state index in [1.807, 2.05) is 0 Å². The van der Waals surface area contributed by atoms with Crippen molar-refractivity contribution in [1.82, 2.24) is 24.5 Å². The summed E-state index contributed by atoms with van der Waals surface area (Å²) in [4.78, 5) is 40.5. The quantitative estimate of drug-likeness (QED) is 0.265. The van der Waals surface area contributed by atoms with Gasteiger partial charge in [0.2, 0.25) is 5.91 Å². The molecule has 0 aliphatic carbocycles. The second-order valence-electron chi connectivity index (χ2n) is 7.18. The summed E-state index contributed by atoms with van der Waals surface area (Å²) in [6, 6.07) is 5.79. The van der Waals surface area contributed by atoms with Crippen LogP contribution in [0.25, 0.3) is 10.9 Å². The Labute approximate surface area is 203 Å². The van der Waals surface area contributed by atoms with E-state index in [9.17, 15) is 14.0 Å². The number of carbonyl (C=O) groups excluding carboxylic acids is 2. The first kappa shape index (κ1) is 23.8. The molecule has 0 unspecified atom stereocenters. The van der Waals surface area contributed by atoms with E-state index in [0.717, 1.165) is 0 Å². The molecular formula is C23H19ClFN7O3. The van der Waals surface area contributed by atoms with Crippen molar-refractivity contribution in [1.29, 1.82) is 0 Å². The number of imidazole rings is 1. The predicted octanol–water partition coefficient (Wildman–Crippen LogP) is 3.89. The maximum absolute atomic E-state index is 13.4. The van der Waals surface area contributed by atoms with Crippen LogP contribution in [0.5, 0.6) is 0 Å². The van der Waals surface area contributed by atoms with Crippen LogP contribution in [0.2, 0.25) is 5.02 Å². The van der Waals surface area contributed by atoms with Crippen LogP contribution >= 0.6 is 11.6 Å². The highest BCUT2D eigenvalue weighted by molar-refractivity contribution is 6.31. The van der Waals surface area contributed by atoms with Gasteiger partial charge in [-0.2, -0.15) is 0 Å². The molecule has 178 valence electrons. The topological polar surface area (TPSA) is 124 Å². The number of esters is 1. The molecule has 3 aromatic heterocycles. The Kier molecular flexibility index (Phi) is 7.58. The number of nitrogens with zero attached hydrogens (tertiary/aromatic N) is 5. The van der Waals surface area contributed by atoms with Crippen LogP contribution in [-0.2, 0) is 20.9 Å². The van der Waals surface area contributed by atoms with E-state index < -0.39 is 17.7 Å². The molecule has 1 amide bonds. The Hall–Kier alpha value is -4.38. The number of hydrogen-bond acceptors (Lipinski definition) is 8. The van der Waals surface area contributed by atoms with Crippen molar-refractivity contribution in [2.75, 3.05) is 17.2 Å². The van der Waals surface area contributed by atoms with Crippen LogP contribution in [0.1, 0.15) is 6.42 Å². The van der Waals surface area contributed by atoms with E-state index in [2.05, 4.69) is 30.6 Å². The van der Waals surface area contributed by atoms with E-state index in [1.165, 1.54) is 42.9 Å². The lowest BCUT2D eigenvalue weighted by atomic mass is 10.2. The van der Waals surface area contributed by atoms with Crippen molar-refractivity contribution >= 4 is 51.7 Å². The molecule has 10 nitrogen and oxygen atoms in total. The lowest BCUT2D eigenvalue weighted by molar-refractivity contribution is -0.142. The fraction of sp³-hybridized carbons (Fsp3) is 0.130. The summed E-state index contributed by atoms with van der Waals surface area (Å²) < 4.78 is 20.3. The number of anilines is 3. The third-order valence-corrected chi connectivity index (χ3v) is 4.97. The minimum absolute atomic E-state index is 0.0307. The molecule has 0 saturated carbocycles. The first-order chi connectivity index (χ1) is 17.0. The van der Waals surface area contributed by atoms with Gasteiger partial charge in [0.15, 0.2) is 0 Å². The van der Waals surface area contributed by atoms with Gasteiger partial charge in [-0.3, -0.25) is 9.59 Å². The smallest absolute Gasteiger partial charge is 0.309 e. The van der Waals surface area contributed by atoms with Gasteiger partial charge in [0.05, 0.1) is 36.0 Å². The van der Waals surface area contributed by atoms with Gasteiger partial charge >= 0.3 is 5.97 Å². The van der Waals surface area contributed by atoms with Crippen LogP contribution in [0, 0.1) is 5.82 Å². The minimum Gasteiger partial charge on any atom is -0.464 e. The molecule has 3 heterocycles. The lowest BCUT2D eigenvalue weighted by Gasteiger charge is -2.10. The number of pyridine rings is 1. The second kappa shape index (κ2) is 11.2. The van der Waals surface area contributed by atoms with Crippen molar-refractivity contribution in [3.63, 3.8) is 0 Å². The number of ether oxygens (including phenoxy) is 1. The van der Waals surface area contributed by atoms with Gasteiger partial charge in [-0.1, -0.05) is 17.7 Å². The van der Waals surface area contributed by atoms with Crippen LogP contribution < -0.4 is 10.6 Å². The van der Waals surface area contributed by atoms with Gasteiger partial charge in [0.1, 0.15) is 30.4 Å². The molecule has 0 atom stereocenters. The third kappa shape index (κ3) is 6.58. The van der Waals surface area contributed by atoms with E-state index in [0.29, 0.717) is 29.0 Å². The van der Waals surface area contributed by atoms with Crippen LogP contribution in [0.15, 0.2) is 67.7 Å². The molecular weight excluding hydrogens is 477 g/mol. The predicted molar refractivity (Wildman–Crippen MR) is 128 cm³/mol. The Morgan fingerprint density at radius 3 is 2.89 bits per heavy atom. The molecule has 12 heteroatoms. The number of hydrogen-bond donors (Lipinski definition) is 2. The van der Waals surface area contributed by atoms with Gasteiger partial charge in [0.25, 0.3) is 0 Å². The zero-order valence-electron chi connectivity index (χ0n) is 18.2. The van der Waals surface area contributed by atoms with Crippen molar-refractivity contribution in [2.45, 2.75) is 13.0 Å². The Morgan fingerprint density at radius 1 is 1.20 bits per heavy atom. The normalized spacial score (nSPS) is 11.0. The van der Waals surface area contributed by atoms with Gasteiger partial charge in [-0.05, 0) is 30.3 Å². The molecule has 2 N–H and O–H groups in total. The number of benzene rings is 1. The van der Waals surface area contributed by atoms with Crippen LogP contribution in [0.4, 0.5) is 21.7 Å². The Bertz CT molecular complexity index is 1380. The van der Waals surface area contributed by atoms with Crippen LogP contribution in [-0.4, -0.2) is 43.0 Å². The summed E-state index contributed by atoms with van der Waals surface area (Å²) in [5.41, 5.74) is 1.06. The monoisotopic (exact) mass is 495 g/mol. The molecule has 0 saturated heterocycles. The molecule has 4 aromatic rings. The highest BCUT2D eigenvalue weighted by atomic mass is 35.5. The molecule has 0 radical (unpaired) electrons.